The lowest BCUT2D eigenvalue weighted by molar-refractivity contribution is 0.171. The van der Waals surface area contributed by atoms with Crippen LogP contribution in [0.2, 0.25) is 0 Å². The molecule has 2 aliphatic heterocycles. The summed E-state index contributed by atoms with van der Waals surface area (Å²) in [7, 11) is 0. The fraction of sp³-hybridized carbons (Fsp3) is 0.316. The van der Waals surface area contributed by atoms with Crippen LogP contribution in [0, 0.1) is 0 Å². The van der Waals surface area contributed by atoms with Gasteiger partial charge in [-0.2, -0.15) is 0 Å². The summed E-state index contributed by atoms with van der Waals surface area (Å²) in [6.07, 6.45) is 1.02. The third kappa shape index (κ3) is 3.26. The molecule has 0 spiro atoms. The van der Waals surface area contributed by atoms with Gasteiger partial charge in [-0.05, 0) is 30.7 Å². The van der Waals surface area contributed by atoms with E-state index >= 15 is 0 Å². The van der Waals surface area contributed by atoms with Crippen LogP contribution in [0.4, 0.5) is 16.2 Å². The fourth-order valence-electron chi connectivity index (χ4n) is 3.02. The smallest absolute Gasteiger partial charge is 0.326 e. The molecule has 0 fully saturated rings. The standard InChI is InChI=1S/C19H20N2O3S/c1-2-14-12-21(15-5-3-4-6-18(15)25-14)19(22)20-13-7-8-16-17(11-13)24-10-9-23-16/h3-8,11,14H,2,9-10,12H2,1H3,(H,20,22)/t14-/m1/s1. The first kappa shape index (κ1) is 16.1. The molecule has 6 heteroatoms. The SMILES string of the molecule is CC[C@@H]1CN(C(=O)Nc2ccc3c(c2)OCCO3)c2ccccc2S1. The largest absolute Gasteiger partial charge is 0.486 e. The highest BCUT2D eigenvalue weighted by atomic mass is 32.2. The number of thioether (sulfide) groups is 1. The number of carbonyl (C=O) groups excluding carboxylic acids is 1. The molecule has 2 heterocycles. The number of hydrogen-bond donors (Lipinski definition) is 1. The Morgan fingerprint density at radius 3 is 2.84 bits per heavy atom. The van der Waals surface area contributed by atoms with Gasteiger partial charge < -0.3 is 14.8 Å². The molecule has 0 saturated heterocycles. The molecule has 4 rings (SSSR count). The second-order valence-electron chi connectivity index (χ2n) is 6.02. The summed E-state index contributed by atoms with van der Waals surface area (Å²) in [6, 6.07) is 13.4. The van der Waals surface area contributed by atoms with Gasteiger partial charge in [-0.25, -0.2) is 4.79 Å². The summed E-state index contributed by atoms with van der Waals surface area (Å²) in [6.45, 7) is 3.94. The summed E-state index contributed by atoms with van der Waals surface area (Å²) < 4.78 is 11.1. The van der Waals surface area contributed by atoms with E-state index in [4.69, 9.17) is 9.47 Å². The third-order valence-corrected chi connectivity index (χ3v) is 5.74. The molecule has 5 nitrogen and oxygen atoms in total. The van der Waals surface area contributed by atoms with Crippen LogP contribution in [-0.4, -0.2) is 31.0 Å². The number of carbonyl (C=O) groups is 1. The van der Waals surface area contributed by atoms with Gasteiger partial charge in [-0.15, -0.1) is 11.8 Å². The highest BCUT2D eigenvalue weighted by Crippen LogP contribution is 2.40. The van der Waals surface area contributed by atoms with E-state index in [1.165, 1.54) is 0 Å². The molecule has 0 aromatic heterocycles. The van der Waals surface area contributed by atoms with Crippen molar-refractivity contribution in [2.45, 2.75) is 23.5 Å². The average Bonchev–Trinajstić information content (AvgIpc) is 2.67. The van der Waals surface area contributed by atoms with Crippen LogP contribution >= 0.6 is 11.8 Å². The number of nitrogens with zero attached hydrogens (tertiary/aromatic N) is 1. The van der Waals surface area contributed by atoms with Crippen LogP contribution < -0.4 is 19.7 Å². The first-order chi connectivity index (χ1) is 12.2. The molecule has 25 heavy (non-hydrogen) atoms. The van der Waals surface area contributed by atoms with Crippen LogP contribution in [0.3, 0.4) is 0 Å². The summed E-state index contributed by atoms with van der Waals surface area (Å²) in [4.78, 5) is 15.9. The van der Waals surface area contributed by atoms with Gasteiger partial charge in [-0.3, -0.25) is 4.90 Å². The number of fused-ring (bicyclic) bond motifs is 2. The van der Waals surface area contributed by atoms with Crippen LogP contribution in [0.15, 0.2) is 47.4 Å². The Morgan fingerprint density at radius 1 is 1.20 bits per heavy atom. The number of hydrogen-bond acceptors (Lipinski definition) is 4. The molecule has 130 valence electrons. The van der Waals surface area contributed by atoms with Crippen LogP contribution in [0.1, 0.15) is 13.3 Å². The van der Waals surface area contributed by atoms with Gasteiger partial charge in [0.2, 0.25) is 0 Å². The third-order valence-electron chi connectivity index (χ3n) is 4.33. The Balaban J connectivity index is 1.56. The van der Waals surface area contributed by atoms with Gasteiger partial charge in [0.15, 0.2) is 11.5 Å². The summed E-state index contributed by atoms with van der Waals surface area (Å²) in [5, 5.41) is 3.39. The maximum Gasteiger partial charge on any atom is 0.326 e. The monoisotopic (exact) mass is 356 g/mol. The number of urea groups is 1. The van der Waals surface area contributed by atoms with E-state index in [0.717, 1.165) is 22.8 Å². The summed E-state index contributed by atoms with van der Waals surface area (Å²) >= 11 is 1.84. The summed E-state index contributed by atoms with van der Waals surface area (Å²) in [5.41, 5.74) is 1.67. The first-order valence-corrected chi connectivity index (χ1v) is 9.36. The van der Waals surface area contributed by atoms with E-state index in [1.54, 1.807) is 0 Å². The maximum atomic E-state index is 12.9. The molecule has 0 unspecified atom stereocenters. The van der Waals surface area contributed by atoms with Gasteiger partial charge in [0.1, 0.15) is 13.2 Å². The molecule has 1 N–H and O–H groups in total. The van der Waals surface area contributed by atoms with Crippen LogP contribution in [0.5, 0.6) is 11.5 Å². The van der Waals surface area contributed by atoms with Gasteiger partial charge >= 0.3 is 6.03 Å². The van der Waals surface area contributed by atoms with Crippen LogP contribution in [0.25, 0.3) is 0 Å². The van der Waals surface area contributed by atoms with Gasteiger partial charge in [-0.1, -0.05) is 19.1 Å². The van der Waals surface area contributed by atoms with Crippen molar-refractivity contribution >= 4 is 29.2 Å². The number of rotatable bonds is 2. The molecular weight excluding hydrogens is 336 g/mol. The molecule has 2 amide bonds. The number of amides is 2. The number of anilines is 2. The Morgan fingerprint density at radius 2 is 2.00 bits per heavy atom. The zero-order valence-corrected chi connectivity index (χ0v) is 14.8. The van der Waals surface area contributed by atoms with Crippen LogP contribution in [-0.2, 0) is 0 Å². The van der Waals surface area contributed by atoms with Gasteiger partial charge in [0.25, 0.3) is 0 Å². The van der Waals surface area contributed by atoms with E-state index in [9.17, 15) is 4.79 Å². The lowest BCUT2D eigenvalue weighted by Gasteiger charge is -2.33. The molecule has 2 aromatic rings. The average molecular weight is 356 g/mol. The maximum absolute atomic E-state index is 12.9. The van der Waals surface area contributed by atoms with Crippen molar-refractivity contribution in [3.8, 4) is 11.5 Å². The molecule has 0 saturated carbocycles. The first-order valence-electron chi connectivity index (χ1n) is 8.48. The zero-order chi connectivity index (χ0) is 17.2. The molecular formula is C19H20N2O3S. The number of nitrogens with one attached hydrogen (secondary N) is 1. The van der Waals surface area contributed by atoms with Crippen molar-refractivity contribution in [1.82, 2.24) is 0 Å². The molecule has 2 aliphatic rings. The number of para-hydroxylation sites is 1. The van der Waals surface area contributed by atoms with E-state index in [-0.39, 0.29) is 6.03 Å². The molecule has 2 aromatic carbocycles. The van der Waals surface area contributed by atoms with Crippen molar-refractivity contribution in [2.24, 2.45) is 0 Å². The minimum atomic E-state index is -0.122. The predicted octanol–water partition coefficient (Wildman–Crippen LogP) is 4.38. The fourth-order valence-corrected chi connectivity index (χ4v) is 4.22. The quantitative estimate of drug-likeness (QED) is 0.867. The molecule has 0 radical (unpaired) electrons. The van der Waals surface area contributed by atoms with E-state index < -0.39 is 0 Å². The number of ether oxygens (including phenoxy) is 2. The second kappa shape index (κ2) is 6.88. The molecule has 1 atom stereocenters. The Bertz CT molecular complexity index is 796. The van der Waals surface area contributed by atoms with E-state index in [1.807, 2.05) is 53.1 Å². The second-order valence-corrected chi connectivity index (χ2v) is 7.36. The van der Waals surface area contributed by atoms with Crippen molar-refractivity contribution in [3.05, 3.63) is 42.5 Å². The van der Waals surface area contributed by atoms with Crippen molar-refractivity contribution < 1.29 is 14.3 Å². The normalized spacial score (nSPS) is 18.4. The van der Waals surface area contributed by atoms with E-state index in [0.29, 0.717) is 36.4 Å². The van der Waals surface area contributed by atoms with Gasteiger partial charge in [0, 0.05) is 28.4 Å². The Kier molecular flexibility index (Phi) is 4.44. The minimum Gasteiger partial charge on any atom is -0.486 e. The van der Waals surface area contributed by atoms with Crippen molar-refractivity contribution in [3.63, 3.8) is 0 Å². The highest BCUT2D eigenvalue weighted by Gasteiger charge is 2.28. The minimum absolute atomic E-state index is 0.122. The number of benzene rings is 2. The Hall–Kier alpha value is -2.34. The molecule has 0 aliphatic carbocycles. The predicted molar refractivity (Wildman–Crippen MR) is 100 cm³/mol. The lowest BCUT2D eigenvalue weighted by atomic mass is 10.2. The van der Waals surface area contributed by atoms with Crippen molar-refractivity contribution in [2.75, 3.05) is 30.0 Å². The van der Waals surface area contributed by atoms with E-state index in [2.05, 4.69) is 18.3 Å². The molecule has 0 bridgehead atoms. The van der Waals surface area contributed by atoms with Gasteiger partial charge in [0.05, 0.1) is 5.69 Å². The Labute approximate surface area is 151 Å². The van der Waals surface area contributed by atoms with Crippen molar-refractivity contribution in [1.29, 1.82) is 0 Å². The topological polar surface area (TPSA) is 50.8 Å². The highest BCUT2D eigenvalue weighted by molar-refractivity contribution is 8.00. The lowest BCUT2D eigenvalue weighted by Crippen LogP contribution is -2.41. The zero-order valence-electron chi connectivity index (χ0n) is 14.0. The summed E-state index contributed by atoms with van der Waals surface area (Å²) in [5.74, 6) is 1.39.